The molecule has 20 heavy (non-hydrogen) atoms. The molecule has 1 aliphatic rings. The van der Waals surface area contributed by atoms with Crippen LogP contribution in [-0.4, -0.2) is 31.6 Å². The maximum absolute atomic E-state index is 11.1. The summed E-state index contributed by atoms with van der Waals surface area (Å²) in [4.78, 5) is 15.7. The minimum Gasteiger partial charge on any atom is -0.478 e. The highest BCUT2D eigenvalue weighted by Crippen LogP contribution is 2.44. The second-order valence-electron chi connectivity index (χ2n) is 5.49. The van der Waals surface area contributed by atoms with E-state index in [9.17, 15) is 4.79 Å². The molecule has 1 aromatic carbocycles. The summed E-state index contributed by atoms with van der Waals surface area (Å²) in [6.07, 6.45) is 5.90. The Kier molecular flexibility index (Phi) is 3.24. The van der Waals surface area contributed by atoms with Crippen LogP contribution in [0.3, 0.4) is 0 Å². The molecule has 106 valence electrons. The van der Waals surface area contributed by atoms with Gasteiger partial charge >= 0.3 is 5.97 Å². The zero-order chi connectivity index (χ0) is 14.3. The van der Waals surface area contributed by atoms with Gasteiger partial charge in [-0.05, 0) is 44.2 Å². The third kappa shape index (κ3) is 2.10. The number of imidazole rings is 1. The van der Waals surface area contributed by atoms with E-state index in [1.165, 1.54) is 19.3 Å². The number of carboxylic acid groups (broad SMARTS) is 1. The third-order valence-corrected chi connectivity index (χ3v) is 5.73. The van der Waals surface area contributed by atoms with Crippen molar-refractivity contribution >= 4 is 28.8 Å². The number of aryl methyl sites for hydroxylation is 1. The molecular weight excluding hydrogens is 272 g/mol. The van der Waals surface area contributed by atoms with E-state index in [4.69, 9.17) is 5.11 Å². The summed E-state index contributed by atoms with van der Waals surface area (Å²) in [7, 11) is 0. The highest BCUT2D eigenvalue weighted by atomic mass is 32.2. The van der Waals surface area contributed by atoms with Gasteiger partial charge in [0, 0.05) is 11.3 Å². The topological polar surface area (TPSA) is 55.1 Å². The predicted molar refractivity (Wildman–Crippen MR) is 81.5 cm³/mol. The molecule has 0 radical (unpaired) electrons. The average Bonchev–Trinajstić information content (AvgIpc) is 2.68. The molecular formula is C15H18N2O2S. The Hall–Kier alpha value is -1.49. The van der Waals surface area contributed by atoms with Crippen molar-refractivity contribution in [3.63, 3.8) is 0 Å². The second-order valence-corrected chi connectivity index (χ2v) is 6.77. The molecule has 1 aromatic heterocycles. The van der Waals surface area contributed by atoms with Crippen LogP contribution in [0.5, 0.6) is 0 Å². The average molecular weight is 290 g/mol. The van der Waals surface area contributed by atoms with E-state index in [1.54, 1.807) is 18.2 Å². The molecule has 0 saturated heterocycles. The molecule has 4 nitrogen and oxygen atoms in total. The van der Waals surface area contributed by atoms with Gasteiger partial charge in [-0.3, -0.25) is 0 Å². The van der Waals surface area contributed by atoms with E-state index in [-0.39, 0.29) is 0 Å². The molecule has 0 unspecified atom stereocenters. The van der Waals surface area contributed by atoms with Gasteiger partial charge in [-0.15, -0.1) is 0 Å². The van der Waals surface area contributed by atoms with Crippen LogP contribution in [0.1, 0.15) is 35.4 Å². The fraction of sp³-hybridized carbons (Fsp3) is 0.467. The maximum Gasteiger partial charge on any atom is 0.335 e. The van der Waals surface area contributed by atoms with Crippen molar-refractivity contribution in [1.82, 2.24) is 9.55 Å². The van der Waals surface area contributed by atoms with Gasteiger partial charge in [0.15, 0.2) is 0 Å². The number of fused-ring (bicyclic) bond motifs is 1. The number of benzene rings is 1. The number of carboxylic acids is 1. The Balaban J connectivity index is 2.06. The molecule has 0 aliphatic heterocycles. The Morgan fingerprint density at radius 3 is 2.80 bits per heavy atom. The SMILES string of the molecule is CSC1(Cn2c(C)nc3ccc(C(=O)O)cc32)CCC1. The lowest BCUT2D eigenvalue weighted by Crippen LogP contribution is -2.38. The molecule has 0 spiro atoms. The van der Waals surface area contributed by atoms with E-state index in [2.05, 4.69) is 15.8 Å². The first kappa shape index (κ1) is 13.5. The number of aromatic nitrogens is 2. The van der Waals surface area contributed by atoms with E-state index in [0.29, 0.717) is 10.3 Å². The summed E-state index contributed by atoms with van der Waals surface area (Å²) in [5.74, 6) is 0.0726. The van der Waals surface area contributed by atoms with Gasteiger partial charge in [0.1, 0.15) is 5.82 Å². The Morgan fingerprint density at radius 2 is 2.25 bits per heavy atom. The van der Waals surface area contributed by atoms with Crippen LogP contribution in [0.2, 0.25) is 0 Å². The molecule has 2 aromatic rings. The standard InChI is InChI=1S/C15H18N2O2S/c1-10-16-12-5-4-11(14(18)19)8-13(12)17(10)9-15(20-2)6-3-7-15/h4-5,8H,3,6-7,9H2,1-2H3,(H,18,19). The van der Waals surface area contributed by atoms with Gasteiger partial charge in [-0.1, -0.05) is 6.42 Å². The van der Waals surface area contributed by atoms with Crippen molar-refractivity contribution in [2.75, 3.05) is 6.26 Å². The van der Waals surface area contributed by atoms with Crippen LogP contribution < -0.4 is 0 Å². The minimum absolute atomic E-state index is 0.303. The fourth-order valence-corrected chi connectivity index (χ4v) is 3.82. The van der Waals surface area contributed by atoms with Crippen LogP contribution in [0.25, 0.3) is 11.0 Å². The second kappa shape index (κ2) is 4.81. The van der Waals surface area contributed by atoms with Crippen LogP contribution in [0, 0.1) is 6.92 Å². The van der Waals surface area contributed by atoms with Crippen LogP contribution >= 0.6 is 11.8 Å². The number of hydrogen-bond donors (Lipinski definition) is 1. The van der Waals surface area contributed by atoms with Gasteiger partial charge in [-0.25, -0.2) is 9.78 Å². The molecule has 0 atom stereocenters. The molecule has 3 rings (SSSR count). The summed E-state index contributed by atoms with van der Waals surface area (Å²) in [6, 6.07) is 5.16. The van der Waals surface area contributed by atoms with Gasteiger partial charge < -0.3 is 9.67 Å². The molecule has 1 N–H and O–H groups in total. The first-order valence-corrected chi connectivity index (χ1v) is 8.02. The Morgan fingerprint density at radius 1 is 1.50 bits per heavy atom. The highest BCUT2D eigenvalue weighted by Gasteiger charge is 2.37. The lowest BCUT2D eigenvalue weighted by atomic mass is 9.84. The molecule has 5 heteroatoms. The summed E-state index contributed by atoms with van der Waals surface area (Å²) in [5, 5.41) is 9.14. The third-order valence-electron chi connectivity index (χ3n) is 4.33. The molecule has 1 aliphatic carbocycles. The fourth-order valence-electron chi connectivity index (χ4n) is 2.86. The quantitative estimate of drug-likeness (QED) is 0.938. The molecule has 0 bridgehead atoms. The largest absolute Gasteiger partial charge is 0.478 e. The first-order chi connectivity index (χ1) is 9.54. The zero-order valence-corrected chi connectivity index (χ0v) is 12.5. The van der Waals surface area contributed by atoms with Gasteiger partial charge in [0.2, 0.25) is 0 Å². The number of rotatable bonds is 4. The monoisotopic (exact) mass is 290 g/mol. The smallest absolute Gasteiger partial charge is 0.335 e. The number of carbonyl (C=O) groups is 1. The van der Waals surface area contributed by atoms with E-state index in [1.807, 2.05) is 18.7 Å². The number of nitrogens with zero attached hydrogens (tertiary/aromatic N) is 2. The van der Waals surface area contributed by atoms with Gasteiger partial charge in [-0.2, -0.15) is 11.8 Å². The number of thioether (sulfide) groups is 1. The Labute approximate surface area is 122 Å². The van der Waals surface area contributed by atoms with Crippen LogP contribution in [0.15, 0.2) is 18.2 Å². The highest BCUT2D eigenvalue weighted by molar-refractivity contribution is 8.00. The van der Waals surface area contributed by atoms with Crippen molar-refractivity contribution in [2.45, 2.75) is 37.5 Å². The van der Waals surface area contributed by atoms with Gasteiger partial charge in [0.05, 0.1) is 16.6 Å². The van der Waals surface area contributed by atoms with E-state index < -0.39 is 5.97 Å². The Bertz CT molecular complexity index is 668. The van der Waals surface area contributed by atoms with Crippen molar-refractivity contribution in [2.24, 2.45) is 0 Å². The summed E-state index contributed by atoms with van der Waals surface area (Å²) < 4.78 is 2.48. The molecule has 1 fully saturated rings. The van der Waals surface area contributed by atoms with Crippen molar-refractivity contribution in [3.05, 3.63) is 29.6 Å². The molecule has 1 saturated carbocycles. The summed E-state index contributed by atoms with van der Waals surface area (Å²) >= 11 is 1.92. The first-order valence-electron chi connectivity index (χ1n) is 6.80. The van der Waals surface area contributed by atoms with Gasteiger partial charge in [0.25, 0.3) is 0 Å². The predicted octanol–water partition coefficient (Wildman–Crippen LogP) is 3.33. The number of aromatic carboxylic acids is 1. The van der Waals surface area contributed by atoms with Crippen LogP contribution in [-0.2, 0) is 6.54 Å². The molecule has 0 amide bonds. The van der Waals surface area contributed by atoms with Crippen molar-refractivity contribution < 1.29 is 9.90 Å². The summed E-state index contributed by atoms with van der Waals surface area (Å²) in [5.41, 5.74) is 2.14. The van der Waals surface area contributed by atoms with Crippen molar-refractivity contribution in [3.8, 4) is 0 Å². The van der Waals surface area contributed by atoms with E-state index >= 15 is 0 Å². The minimum atomic E-state index is -0.888. The lowest BCUT2D eigenvalue weighted by Gasteiger charge is -2.41. The lowest BCUT2D eigenvalue weighted by molar-refractivity contribution is 0.0697. The van der Waals surface area contributed by atoms with Crippen molar-refractivity contribution in [1.29, 1.82) is 0 Å². The maximum atomic E-state index is 11.1. The van der Waals surface area contributed by atoms with E-state index in [0.717, 1.165) is 23.4 Å². The zero-order valence-electron chi connectivity index (χ0n) is 11.7. The summed E-state index contributed by atoms with van der Waals surface area (Å²) in [6.45, 7) is 2.91. The molecule has 1 heterocycles. The van der Waals surface area contributed by atoms with Crippen LogP contribution in [0.4, 0.5) is 0 Å². The number of hydrogen-bond acceptors (Lipinski definition) is 3. The normalized spacial score (nSPS) is 17.1.